The van der Waals surface area contributed by atoms with Crippen molar-refractivity contribution in [3.05, 3.63) is 17.2 Å². The van der Waals surface area contributed by atoms with Crippen molar-refractivity contribution in [2.24, 2.45) is 46.3 Å². The lowest BCUT2D eigenvalue weighted by Gasteiger charge is -2.61. The molecule has 0 amide bonds. The third kappa shape index (κ3) is 3.45. The summed E-state index contributed by atoms with van der Waals surface area (Å²) in [6.45, 7) is 9.14. The van der Waals surface area contributed by atoms with Crippen LogP contribution in [0.5, 0.6) is 0 Å². The lowest BCUT2D eigenvalue weighted by molar-refractivity contribution is -0.137. The van der Waals surface area contributed by atoms with Gasteiger partial charge in [0.2, 0.25) is 0 Å². The van der Waals surface area contributed by atoms with Gasteiger partial charge >= 0.3 is 5.97 Å². The lowest BCUT2D eigenvalue weighted by atomic mass is 9.42. The van der Waals surface area contributed by atoms with E-state index in [4.69, 9.17) is 5.11 Å². The second-order valence-electron chi connectivity index (χ2n) is 11.6. The van der Waals surface area contributed by atoms with Crippen molar-refractivity contribution in [2.75, 3.05) is 0 Å². The molecule has 4 nitrogen and oxygen atoms in total. The van der Waals surface area contributed by atoms with Crippen molar-refractivity contribution >= 4 is 11.9 Å². The molecule has 4 saturated carbocycles. The fourth-order valence-electron chi connectivity index (χ4n) is 8.91. The zero-order valence-electron chi connectivity index (χ0n) is 19.7. The fourth-order valence-corrected chi connectivity index (χ4v) is 8.91. The molecule has 4 rings (SSSR count). The molecule has 0 aliphatic heterocycles. The molecular formula is C27H40O4. The van der Waals surface area contributed by atoms with Crippen molar-refractivity contribution < 1.29 is 19.8 Å². The Morgan fingerprint density at radius 1 is 1.16 bits per heavy atom. The topological polar surface area (TPSA) is 74.6 Å². The van der Waals surface area contributed by atoms with Crippen LogP contribution in [-0.2, 0) is 9.59 Å². The van der Waals surface area contributed by atoms with Gasteiger partial charge in [-0.05, 0) is 104 Å². The summed E-state index contributed by atoms with van der Waals surface area (Å²) in [4.78, 5) is 23.5. The summed E-state index contributed by atoms with van der Waals surface area (Å²) in [5.41, 5.74) is 2.36. The number of aliphatic hydroxyl groups is 1. The molecule has 0 aromatic heterocycles. The number of carboxylic acids is 1. The Hall–Kier alpha value is -1.38. The molecule has 0 aromatic carbocycles. The second-order valence-corrected chi connectivity index (χ2v) is 11.6. The number of carbonyl (C=O) groups excluding carboxylic acids is 1. The van der Waals surface area contributed by atoms with E-state index in [2.05, 4.69) is 32.8 Å². The van der Waals surface area contributed by atoms with Crippen LogP contribution < -0.4 is 0 Å². The maximum Gasteiger partial charge on any atom is 0.303 e. The number of hydrogen-bond donors (Lipinski definition) is 2. The van der Waals surface area contributed by atoms with Gasteiger partial charge < -0.3 is 10.2 Å². The van der Waals surface area contributed by atoms with Crippen molar-refractivity contribution in [1.82, 2.24) is 0 Å². The fraction of sp³-hybridized carbons (Fsp3) is 0.815. The first-order valence-corrected chi connectivity index (χ1v) is 12.5. The van der Waals surface area contributed by atoms with Gasteiger partial charge in [-0.1, -0.05) is 26.8 Å². The quantitative estimate of drug-likeness (QED) is 0.586. The Morgan fingerprint density at radius 3 is 2.48 bits per heavy atom. The number of hydrogen-bond acceptors (Lipinski definition) is 3. The summed E-state index contributed by atoms with van der Waals surface area (Å²) in [5, 5.41) is 19.6. The van der Waals surface area contributed by atoms with E-state index in [0.29, 0.717) is 23.7 Å². The number of carbonyl (C=O) groups is 1. The van der Waals surface area contributed by atoms with Gasteiger partial charge in [-0.2, -0.15) is 0 Å². The van der Waals surface area contributed by atoms with Crippen LogP contribution in [0.2, 0.25) is 0 Å². The minimum absolute atomic E-state index is 0.139. The van der Waals surface area contributed by atoms with Gasteiger partial charge in [0, 0.05) is 17.9 Å². The molecular weight excluding hydrogens is 388 g/mol. The third-order valence-electron chi connectivity index (χ3n) is 10.5. The highest BCUT2D eigenvalue weighted by Crippen LogP contribution is 2.70. The van der Waals surface area contributed by atoms with Gasteiger partial charge in [0.1, 0.15) is 5.94 Å². The van der Waals surface area contributed by atoms with Crippen molar-refractivity contribution in [1.29, 1.82) is 0 Å². The van der Waals surface area contributed by atoms with Crippen LogP contribution >= 0.6 is 0 Å². The molecule has 0 radical (unpaired) electrons. The molecule has 4 aliphatic rings. The molecule has 0 heterocycles. The molecule has 0 bridgehead atoms. The highest BCUT2D eigenvalue weighted by atomic mass is 16.4. The van der Waals surface area contributed by atoms with E-state index in [9.17, 15) is 14.7 Å². The number of fused-ring (bicyclic) bond motifs is 5. The first kappa shape index (κ1) is 22.8. The first-order chi connectivity index (χ1) is 14.7. The van der Waals surface area contributed by atoms with Crippen molar-refractivity contribution in [2.45, 2.75) is 91.6 Å². The number of aliphatic hydroxyl groups excluding tert-OH is 1. The lowest BCUT2D eigenvalue weighted by Crippen LogP contribution is -2.55. The molecule has 0 spiro atoms. The Bertz CT molecular complexity index is 808. The van der Waals surface area contributed by atoms with Crippen LogP contribution in [0.1, 0.15) is 85.5 Å². The highest BCUT2D eigenvalue weighted by Gasteiger charge is 2.63. The average Bonchev–Trinajstić information content (AvgIpc) is 3.09. The first-order valence-electron chi connectivity index (χ1n) is 12.5. The van der Waals surface area contributed by atoms with Gasteiger partial charge in [0.15, 0.2) is 0 Å². The molecule has 4 fully saturated rings. The van der Waals surface area contributed by atoms with Gasteiger partial charge in [-0.25, -0.2) is 4.79 Å². The Morgan fingerprint density at radius 2 is 1.84 bits per heavy atom. The number of rotatable bonds is 4. The van der Waals surface area contributed by atoms with E-state index in [0.717, 1.165) is 56.1 Å². The van der Waals surface area contributed by atoms with E-state index < -0.39 is 5.97 Å². The number of aliphatic carboxylic acids is 1. The summed E-state index contributed by atoms with van der Waals surface area (Å²) < 4.78 is 0. The minimum atomic E-state index is -0.704. The van der Waals surface area contributed by atoms with Gasteiger partial charge in [0.25, 0.3) is 0 Å². The standard InChI is InChI=1S/C27H40O4/c1-5-18-19(15-28)25-21-8-7-20(16(2)6-9-24(30)31)26(21,3)13-11-22(25)27(4)12-10-17(29)14-23(18)27/h5,16-17,20-23,25,29H,6-14H2,1-4H3,(H,30,31)/b18-5+/t16-,17-,20-,21-,22?,23+,25?,26-,27-/m1/s1. The number of carboxylic acid groups (broad SMARTS) is 1. The molecule has 0 aromatic rings. The largest absolute Gasteiger partial charge is 0.481 e. The van der Waals surface area contributed by atoms with Crippen molar-refractivity contribution in [3.8, 4) is 0 Å². The summed E-state index contributed by atoms with van der Waals surface area (Å²) >= 11 is 0. The molecule has 2 N–H and O–H groups in total. The van der Waals surface area contributed by atoms with E-state index in [1.807, 2.05) is 6.92 Å². The molecule has 31 heavy (non-hydrogen) atoms. The maximum absolute atomic E-state index is 12.4. The van der Waals surface area contributed by atoms with Crippen LogP contribution in [0, 0.1) is 46.3 Å². The van der Waals surface area contributed by atoms with Crippen LogP contribution in [0.3, 0.4) is 0 Å². The van der Waals surface area contributed by atoms with Gasteiger partial charge in [-0.15, -0.1) is 0 Å². The number of allylic oxidation sites excluding steroid dienone is 3. The van der Waals surface area contributed by atoms with Gasteiger partial charge in [-0.3, -0.25) is 4.79 Å². The third-order valence-corrected chi connectivity index (χ3v) is 10.5. The molecule has 0 saturated heterocycles. The molecule has 9 atom stereocenters. The van der Waals surface area contributed by atoms with E-state index in [-0.39, 0.29) is 35.2 Å². The zero-order chi connectivity index (χ0) is 22.6. The summed E-state index contributed by atoms with van der Waals surface area (Å²) in [5.74, 6) is 4.11. The average molecular weight is 429 g/mol. The highest BCUT2D eigenvalue weighted by molar-refractivity contribution is 5.66. The van der Waals surface area contributed by atoms with E-state index in [1.54, 1.807) is 0 Å². The molecule has 2 unspecified atom stereocenters. The monoisotopic (exact) mass is 428 g/mol. The summed E-state index contributed by atoms with van der Waals surface area (Å²) in [6.07, 6.45) is 10.1. The summed E-state index contributed by atoms with van der Waals surface area (Å²) in [6, 6.07) is 0. The normalized spacial score (nSPS) is 46.6. The predicted octanol–water partition coefficient (Wildman–Crippen LogP) is 5.43. The Balaban J connectivity index is 1.69. The molecule has 172 valence electrons. The van der Waals surface area contributed by atoms with Gasteiger partial charge in [0.05, 0.1) is 6.10 Å². The Kier molecular flexibility index (Phi) is 6.03. The van der Waals surface area contributed by atoms with Crippen LogP contribution in [0.25, 0.3) is 0 Å². The molecule has 4 heteroatoms. The minimum Gasteiger partial charge on any atom is -0.481 e. The maximum atomic E-state index is 12.4. The van der Waals surface area contributed by atoms with Crippen molar-refractivity contribution in [3.63, 3.8) is 0 Å². The van der Waals surface area contributed by atoms with Crippen LogP contribution in [0.15, 0.2) is 17.2 Å². The second kappa shape index (κ2) is 8.19. The van der Waals surface area contributed by atoms with Crippen LogP contribution in [-0.4, -0.2) is 28.2 Å². The molecule has 4 aliphatic carbocycles. The zero-order valence-corrected chi connectivity index (χ0v) is 19.7. The predicted molar refractivity (Wildman–Crippen MR) is 121 cm³/mol. The van der Waals surface area contributed by atoms with E-state index in [1.165, 1.54) is 6.42 Å². The Labute approximate surface area is 187 Å². The smallest absolute Gasteiger partial charge is 0.303 e. The summed E-state index contributed by atoms with van der Waals surface area (Å²) in [7, 11) is 0. The SMILES string of the molecule is C/C=C1\C(=C=O)C2C(CC[C@@]3(C)[C@@H]2CC[C@@H]3[C@H](C)CCC(=O)O)[C@@]2(C)CC[C@@H](O)C[C@@H]12. The van der Waals surface area contributed by atoms with Crippen LogP contribution in [0.4, 0.5) is 0 Å². The van der Waals surface area contributed by atoms with E-state index >= 15 is 0 Å².